The minimum atomic E-state index is 0.228. The molecule has 1 rings (SSSR count). The predicted molar refractivity (Wildman–Crippen MR) is 40.6 cm³/mol. The van der Waals surface area contributed by atoms with E-state index in [0.29, 0.717) is 5.92 Å². The van der Waals surface area contributed by atoms with Crippen LogP contribution >= 0.6 is 0 Å². The van der Waals surface area contributed by atoms with Gasteiger partial charge in [-0.3, -0.25) is 4.79 Å². The number of rotatable bonds is 0. The van der Waals surface area contributed by atoms with Gasteiger partial charge in [-0.15, -0.1) is 0 Å². The summed E-state index contributed by atoms with van der Waals surface area (Å²) in [5.41, 5.74) is 0. The van der Waals surface area contributed by atoms with E-state index < -0.39 is 0 Å². The Labute approximate surface area is 62.0 Å². The highest BCUT2D eigenvalue weighted by Gasteiger charge is 2.08. The van der Waals surface area contributed by atoms with E-state index in [0.717, 1.165) is 19.4 Å². The van der Waals surface area contributed by atoms with E-state index in [9.17, 15) is 4.79 Å². The van der Waals surface area contributed by atoms with Gasteiger partial charge in [0, 0.05) is 13.0 Å². The van der Waals surface area contributed by atoms with Gasteiger partial charge in [0.1, 0.15) is 0 Å². The molecule has 1 aliphatic rings. The van der Waals surface area contributed by atoms with Crippen molar-refractivity contribution in [1.29, 1.82) is 0 Å². The molecule has 58 valence electrons. The van der Waals surface area contributed by atoms with Crippen LogP contribution in [0.25, 0.3) is 0 Å². The molecule has 0 aromatic heterocycles. The molecule has 1 unspecified atom stereocenters. The largest absolute Gasteiger partial charge is 0.356 e. The lowest BCUT2D eigenvalue weighted by Crippen LogP contribution is -2.29. The summed E-state index contributed by atoms with van der Waals surface area (Å²) in [7, 11) is 0. The molecule has 1 saturated heterocycles. The average molecular weight is 141 g/mol. The number of hydrogen-bond donors (Lipinski definition) is 1. The highest BCUT2D eigenvalue weighted by atomic mass is 16.1. The third-order valence-electron chi connectivity index (χ3n) is 2.00. The van der Waals surface area contributed by atoms with Gasteiger partial charge in [0.15, 0.2) is 0 Å². The van der Waals surface area contributed by atoms with E-state index in [1.54, 1.807) is 0 Å². The zero-order chi connectivity index (χ0) is 7.40. The Bertz CT molecular complexity index is 122. The van der Waals surface area contributed by atoms with E-state index in [1.807, 2.05) is 0 Å². The van der Waals surface area contributed by atoms with Gasteiger partial charge in [0.05, 0.1) is 0 Å². The third kappa shape index (κ3) is 2.38. The van der Waals surface area contributed by atoms with Crippen LogP contribution in [0.2, 0.25) is 0 Å². The minimum Gasteiger partial charge on any atom is -0.356 e. The Morgan fingerprint density at radius 3 is 3.10 bits per heavy atom. The van der Waals surface area contributed by atoms with Gasteiger partial charge in [-0.25, -0.2) is 0 Å². The maximum absolute atomic E-state index is 10.9. The molecule has 2 heteroatoms. The second-order valence-corrected chi connectivity index (χ2v) is 3.16. The molecule has 0 saturated carbocycles. The van der Waals surface area contributed by atoms with Crippen LogP contribution in [0.4, 0.5) is 0 Å². The number of carbonyl (C=O) groups excluding carboxylic acids is 1. The van der Waals surface area contributed by atoms with E-state index in [-0.39, 0.29) is 5.91 Å². The maximum Gasteiger partial charge on any atom is 0.220 e. The first-order valence-corrected chi connectivity index (χ1v) is 4.06. The fraction of sp³-hybridized carbons (Fsp3) is 0.875. The van der Waals surface area contributed by atoms with Crippen LogP contribution in [0.3, 0.4) is 0 Å². The standard InChI is InChI=1S/C8H15NO/c1-7-4-2-3-5-8(10)9-6-7/h7H,2-6H2,1H3,(H,9,10). The molecule has 0 aromatic carbocycles. The second kappa shape index (κ2) is 3.59. The molecular weight excluding hydrogens is 126 g/mol. The van der Waals surface area contributed by atoms with E-state index in [1.165, 1.54) is 12.8 Å². The van der Waals surface area contributed by atoms with Crippen molar-refractivity contribution in [2.75, 3.05) is 6.54 Å². The molecule has 1 N–H and O–H groups in total. The molecule has 1 heterocycles. The molecule has 0 bridgehead atoms. The molecule has 1 amide bonds. The smallest absolute Gasteiger partial charge is 0.220 e. The topological polar surface area (TPSA) is 29.1 Å². The molecule has 2 nitrogen and oxygen atoms in total. The molecule has 0 spiro atoms. The van der Waals surface area contributed by atoms with Crippen molar-refractivity contribution in [2.24, 2.45) is 5.92 Å². The van der Waals surface area contributed by atoms with Crippen LogP contribution in [-0.2, 0) is 4.79 Å². The first-order valence-electron chi connectivity index (χ1n) is 4.06. The van der Waals surface area contributed by atoms with E-state index >= 15 is 0 Å². The number of nitrogens with one attached hydrogen (secondary N) is 1. The molecule has 0 aliphatic carbocycles. The van der Waals surface area contributed by atoms with Crippen LogP contribution in [0.1, 0.15) is 32.6 Å². The van der Waals surface area contributed by atoms with Gasteiger partial charge in [-0.05, 0) is 18.8 Å². The number of amides is 1. The summed E-state index contributed by atoms with van der Waals surface area (Å²) < 4.78 is 0. The summed E-state index contributed by atoms with van der Waals surface area (Å²) in [6.07, 6.45) is 4.28. The van der Waals surface area contributed by atoms with Crippen molar-refractivity contribution in [3.63, 3.8) is 0 Å². The van der Waals surface area contributed by atoms with Gasteiger partial charge in [0.2, 0.25) is 5.91 Å². The quantitative estimate of drug-likeness (QED) is 0.541. The molecular formula is C8H15NO. The molecule has 0 radical (unpaired) electrons. The molecule has 0 aromatic rings. The van der Waals surface area contributed by atoms with Gasteiger partial charge >= 0.3 is 0 Å². The first kappa shape index (κ1) is 7.58. The van der Waals surface area contributed by atoms with Crippen molar-refractivity contribution in [3.8, 4) is 0 Å². The monoisotopic (exact) mass is 141 g/mol. The SMILES string of the molecule is CC1CCCCC(=O)NC1. The molecule has 1 atom stereocenters. The fourth-order valence-electron chi connectivity index (χ4n) is 1.26. The van der Waals surface area contributed by atoms with Crippen molar-refractivity contribution in [2.45, 2.75) is 32.6 Å². The van der Waals surface area contributed by atoms with Crippen LogP contribution in [-0.4, -0.2) is 12.5 Å². The minimum absolute atomic E-state index is 0.228. The Morgan fingerprint density at radius 2 is 2.30 bits per heavy atom. The van der Waals surface area contributed by atoms with Gasteiger partial charge in [-0.1, -0.05) is 13.3 Å². The summed E-state index contributed by atoms with van der Waals surface area (Å²) in [5.74, 6) is 0.899. The van der Waals surface area contributed by atoms with Crippen molar-refractivity contribution in [3.05, 3.63) is 0 Å². The van der Waals surface area contributed by atoms with Gasteiger partial charge in [0.25, 0.3) is 0 Å². The van der Waals surface area contributed by atoms with Gasteiger partial charge < -0.3 is 5.32 Å². The maximum atomic E-state index is 10.9. The third-order valence-corrected chi connectivity index (χ3v) is 2.00. The number of hydrogen-bond acceptors (Lipinski definition) is 1. The Balaban J connectivity index is 2.29. The zero-order valence-corrected chi connectivity index (χ0v) is 6.52. The lowest BCUT2D eigenvalue weighted by atomic mass is 10.0. The Morgan fingerprint density at radius 1 is 1.50 bits per heavy atom. The summed E-state index contributed by atoms with van der Waals surface area (Å²) in [6, 6.07) is 0. The molecule has 1 aliphatic heterocycles. The summed E-state index contributed by atoms with van der Waals surface area (Å²) >= 11 is 0. The molecule has 10 heavy (non-hydrogen) atoms. The van der Waals surface area contributed by atoms with E-state index in [2.05, 4.69) is 12.2 Å². The van der Waals surface area contributed by atoms with Crippen molar-refractivity contribution < 1.29 is 4.79 Å². The predicted octanol–water partition coefficient (Wildman–Crippen LogP) is 1.31. The zero-order valence-electron chi connectivity index (χ0n) is 6.52. The number of carbonyl (C=O) groups is 1. The summed E-state index contributed by atoms with van der Waals surface area (Å²) in [6.45, 7) is 3.06. The first-order chi connectivity index (χ1) is 4.79. The van der Waals surface area contributed by atoms with E-state index in [4.69, 9.17) is 0 Å². The van der Waals surface area contributed by atoms with Crippen LogP contribution in [0, 0.1) is 5.92 Å². The van der Waals surface area contributed by atoms with Crippen molar-refractivity contribution in [1.82, 2.24) is 5.32 Å². The summed E-state index contributed by atoms with van der Waals surface area (Å²) in [5, 5.41) is 2.90. The normalized spacial score (nSPS) is 28.5. The highest BCUT2D eigenvalue weighted by molar-refractivity contribution is 5.75. The molecule has 1 fully saturated rings. The fourth-order valence-corrected chi connectivity index (χ4v) is 1.26. The van der Waals surface area contributed by atoms with Crippen LogP contribution < -0.4 is 5.32 Å². The highest BCUT2D eigenvalue weighted by Crippen LogP contribution is 2.10. The van der Waals surface area contributed by atoms with Crippen molar-refractivity contribution >= 4 is 5.91 Å². The van der Waals surface area contributed by atoms with Gasteiger partial charge in [-0.2, -0.15) is 0 Å². The Kier molecular flexibility index (Phi) is 2.72. The van der Waals surface area contributed by atoms with Crippen LogP contribution in [0.15, 0.2) is 0 Å². The lowest BCUT2D eigenvalue weighted by molar-refractivity contribution is -0.121. The lowest BCUT2D eigenvalue weighted by Gasteiger charge is -2.15. The summed E-state index contributed by atoms with van der Waals surface area (Å²) in [4.78, 5) is 10.9. The average Bonchev–Trinajstić information content (AvgIpc) is 1.90. The Hall–Kier alpha value is -0.530. The van der Waals surface area contributed by atoms with Crippen LogP contribution in [0.5, 0.6) is 0 Å². The second-order valence-electron chi connectivity index (χ2n) is 3.16.